The van der Waals surface area contributed by atoms with Crippen LogP contribution in [0.3, 0.4) is 0 Å². The monoisotopic (exact) mass is 236 g/mol. The second-order valence-corrected chi connectivity index (χ2v) is 4.45. The first kappa shape index (κ1) is 12.1. The van der Waals surface area contributed by atoms with Gasteiger partial charge in [0.2, 0.25) is 0 Å². The molecule has 2 N–H and O–H groups in total. The van der Waals surface area contributed by atoms with Crippen LogP contribution >= 0.6 is 0 Å². The SMILES string of the molecule is CCCn1ccnc(NCC2CCCN2)c1=O. The average molecular weight is 236 g/mol. The summed E-state index contributed by atoms with van der Waals surface area (Å²) in [4.78, 5) is 16.1. The molecule has 5 heteroatoms. The van der Waals surface area contributed by atoms with Crippen LogP contribution in [-0.4, -0.2) is 28.7 Å². The average Bonchev–Trinajstić information content (AvgIpc) is 2.83. The van der Waals surface area contributed by atoms with Crippen molar-refractivity contribution in [1.82, 2.24) is 14.9 Å². The number of hydrogen-bond acceptors (Lipinski definition) is 4. The summed E-state index contributed by atoms with van der Waals surface area (Å²) < 4.78 is 1.71. The Labute approximate surface area is 101 Å². The molecule has 0 aromatic carbocycles. The maximum absolute atomic E-state index is 12.0. The number of aromatic nitrogens is 2. The topological polar surface area (TPSA) is 59.0 Å². The first-order valence-electron chi connectivity index (χ1n) is 6.34. The molecule has 17 heavy (non-hydrogen) atoms. The zero-order valence-corrected chi connectivity index (χ0v) is 10.3. The van der Waals surface area contributed by atoms with E-state index in [-0.39, 0.29) is 5.56 Å². The largest absolute Gasteiger partial charge is 0.364 e. The highest BCUT2D eigenvalue weighted by Crippen LogP contribution is 2.05. The molecule has 2 heterocycles. The van der Waals surface area contributed by atoms with Crippen LogP contribution in [0.2, 0.25) is 0 Å². The molecule has 2 rings (SSSR count). The number of nitrogens with zero attached hydrogens (tertiary/aromatic N) is 2. The van der Waals surface area contributed by atoms with Gasteiger partial charge in [-0.15, -0.1) is 0 Å². The Bertz CT molecular complexity index is 409. The third-order valence-corrected chi connectivity index (χ3v) is 3.06. The quantitative estimate of drug-likeness (QED) is 0.794. The third-order valence-electron chi connectivity index (χ3n) is 3.06. The Morgan fingerprint density at radius 2 is 2.53 bits per heavy atom. The van der Waals surface area contributed by atoms with Gasteiger partial charge in [0.05, 0.1) is 0 Å². The molecule has 1 saturated heterocycles. The van der Waals surface area contributed by atoms with Crippen molar-refractivity contribution in [3.8, 4) is 0 Å². The predicted octanol–water partition coefficient (Wildman–Crippen LogP) is 0.817. The molecule has 1 aliphatic heterocycles. The van der Waals surface area contributed by atoms with Gasteiger partial charge in [-0.05, 0) is 25.8 Å². The van der Waals surface area contributed by atoms with Gasteiger partial charge in [-0.3, -0.25) is 4.79 Å². The first-order chi connectivity index (χ1) is 8.31. The van der Waals surface area contributed by atoms with Gasteiger partial charge in [-0.1, -0.05) is 6.92 Å². The van der Waals surface area contributed by atoms with E-state index < -0.39 is 0 Å². The van der Waals surface area contributed by atoms with Crippen LogP contribution in [0.4, 0.5) is 5.82 Å². The van der Waals surface area contributed by atoms with E-state index in [0.29, 0.717) is 11.9 Å². The van der Waals surface area contributed by atoms with E-state index in [0.717, 1.165) is 26.1 Å². The van der Waals surface area contributed by atoms with Crippen molar-refractivity contribution in [1.29, 1.82) is 0 Å². The van der Waals surface area contributed by atoms with Crippen LogP contribution in [-0.2, 0) is 6.54 Å². The number of nitrogens with one attached hydrogen (secondary N) is 2. The zero-order chi connectivity index (χ0) is 12.1. The Hall–Kier alpha value is -1.36. The van der Waals surface area contributed by atoms with Crippen LogP contribution < -0.4 is 16.2 Å². The summed E-state index contributed by atoms with van der Waals surface area (Å²) in [5.41, 5.74) is -0.0210. The van der Waals surface area contributed by atoms with E-state index >= 15 is 0 Å². The number of rotatable bonds is 5. The molecule has 0 spiro atoms. The molecule has 0 bridgehead atoms. The van der Waals surface area contributed by atoms with Crippen molar-refractivity contribution in [2.45, 2.75) is 38.8 Å². The minimum atomic E-state index is -0.0210. The normalized spacial score (nSPS) is 19.5. The second-order valence-electron chi connectivity index (χ2n) is 4.45. The molecule has 5 nitrogen and oxygen atoms in total. The fraction of sp³-hybridized carbons (Fsp3) is 0.667. The Morgan fingerprint density at radius 3 is 3.24 bits per heavy atom. The molecule has 0 radical (unpaired) electrons. The van der Waals surface area contributed by atoms with Gasteiger partial charge >= 0.3 is 0 Å². The summed E-state index contributed by atoms with van der Waals surface area (Å²) in [6.07, 6.45) is 6.76. The fourth-order valence-electron chi connectivity index (χ4n) is 2.14. The zero-order valence-electron chi connectivity index (χ0n) is 10.3. The highest BCUT2D eigenvalue weighted by atomic mass is 16.1. The van der Waals surface area contributed by atoms with Gasteiger partial charge in [0.15, 0.2) is 5.82 Å². The summed E-state index contributed by atoms with van der Waals surface area (Å²) in [6.45, 7) is 4.66. The van der Waals surface area contributed by atoms with Gasteiger partial charge < -0.3 is 15.2 Å². The molecule has 1 atom stereocenters. The molecule has 94 valence electrons. The van der Waals surface area contributed by atoms with Gasteiger partial charge in [-0.25, -0.2) is 4.98 Å². The van der Waals surface area contributed by atoms with Crippen molar-refractivity contribution in [3.63, 3.8) is 0 Å². The summed E-state index contributed by atoms with van der Waals surface area (Å²) >= 11 is 0. The summed E-state index contributed by atoms with van der Waals surface area (Å²) in [6, 6.07) is 0.469. The standard InChI is InChI=1S/C12H20N4O/c1-2-7-16-8-6-14-11(12(16)17)15-9-10-4-3-5-13-10/h6,8,10,13H,2-5,7,9H2,1H3,(H,14,15). The number of hydrogen-bond donors (Lipinski definition) is 2. The minimum Gasteiger partial charge on any atom is -0.364 e. The van der Waals surface area contributed by atoms with E-state index in [2.05, 4.69) is 22.5 Å². The van der Waals surface area contributed by atoms with Crippen LogP contribution in [0.5, 0.6) is 0 Å². The van der Waals surface area contributed by atoms with Crippen molar-refractivity contribution >= 4 is 5.82 Å². The molecular formula is C12H20N4O. The van der Waals surface area contributed by atoms with E-state index in [4.69, 9.17) is 0 Å². The molecule has 0 aliphatic carbocycles. The Morgan fingerprint density at radius 1 is 1.65 bits per heavy atom. The lowest BCUT2D eigenvalue weighted by Crippen LogP contribution is -2.32. The van der Waals surface area contributed by atoms with Gasteiger partial charge in [0.25, 0.3) is 5.56 Å². The lowest BCUT2D eigenvalue weighted by molar-refractivity contribution is 0.625. The predicted molar refractivity (Wildman–Crippen MR) is 68.3 cm³/mol. The first-order valence-corrected chi connectivity index (χ1v) is 6.34. The van der Waals surface area contributed by atoms with Crippen LogP contribution in [0.25, 0.3) is 0 Å². The summed E-state index contributed by atoms with van der Waals surface area (Å²) in [7, 11) is 0. The van der Waals surface area contributed by atoms with E-state index in [9.17, 15) is 4.79 Å². The molecule has 1 aromatic rings. The molecule has 1 aliphatic rings. The fourth-order valence-corrected chi connectivity index (χ4v) is 2.14. The summed E-state index contributed by atoms with van der Waals surface area (Å²) in [5, 5.41) is 6.53. The highest BCUT2D eigenvalue weighted by Gasteiger charge is 2.14. The number of anilines is 1. The Kier molecular flexibility index (Phi) is 4.14. The molecule has 0 saturated carbocycles. The van der Waals surface area contributed by atoms with Crippen LogP contribution in [0.15, 0.2) is 17.2 Å². The Balaban J connectivity index is 1.99. The van der Waals surface area contributed by atoms with Gasteiger partial charge in [0.1, 0.15) is 0 Å². The van der Waals surface area contributed by atoms with Crippen molar-refractivity contribution in [2.75, 3.05) is 18.4 Å². The van der Waals surface area contributed by atoms with Gasteiger partial charge in [0, 0.05) is 31.5 Å². The lowest BCUT2D eigenvalue weighted by atomic mass is 10.2. The second kappa shape index (κ2) is 5.82. The van der Waals surface area contributed by atoms with Crippen molar-refractivity contribution in [3.05, 3.63) is 22.7 Å². The van der Waals surface area contributed by atoms with Crippen molar-refractivity contribution in [2.24, 2.45) is 0 Å². The van der Waals surface area contributed by atoms with Crippen LogP contribution in [0, 0.1) is 0 Å². The number of aryl methyl sites for hydroxylation is 1. The maximum atomic E-state index is 12.0. The van der Waals surface area contributed by atoms with Crippen LogP contribution in [0.1, 0.15) is 26.2 Å². The van der Waals surface area contributed by atoms with E-state index in [1.54, 1.807) is 17.0 Å². The lowest BCUT2D eigenvalue weighted by Gasteiger charge is -2.12. The van der Waals surface area contributed by atoms with E-state index in [1.807, 2.05) is 0 Å². The van der Waals surface area contributed by atoms with Gasteiger partial charge in [-0.2, -0.15) is 0 Å². The molecule has 0 amide bonds. The van der Waals surface area contributed by atoms with E-state index in [1.165, 1.54) is 12.8 Å². The summed E-state index contributed by atoms with van der Waals surface area (Å²) in [5.74, 6) is 0.467. The highest BCUT2D eigenvalue weighted by molar-refractivity contribution is 5.31. The molecule has 1 aromatic heterocycles. The third kappa shape index (κ3) is 3.06. The molecular weight excluding hydrogens is 216 g/mol. The molecule has 1 fully saturated rings. The molecule has 1 unspecified atom stereocenters. The smallest absolute Gasteiger partial charge is 0.293 e. The van der Waals surface area contributed by atoms with Crippen molar-refractivity contribution < 1.29 is 0 Å². The maximum Gasteiger partial charge on any atom is 0.293 e. The minimum absolute atomic E-state index is 0.0210.